The summed E-state index contributed by atoms with van der Waals surface area (Å²) in [5.74, 6) is 0.271. The molecule has 4 aromatic rings. The van der Waals surface area contributed by atoms with Crippen molar-refractivity contribution in [2.45, 2.75) is 6.61 Å². The summed E-state index contributed by atoms with van der Waals surface area (Å²) < 4.78 is 7.61. The average Bonchev–Trinajstić information content (AvgIpc) is 3.11. The van der Waals surface area contributed by atoms with Crippen LogP contribution in [0.2, 0.25) is 5.02 Å². The maximum absolute atomic E-state index is 13.0. The van der Waals surface area contributed by atoms with Crippen molar-refractivity contribution in [3.63, 3.8) is 0 Å². The van der Waals surface area contributed by atoms with E-state index in [0.717, 1.165) is 47.5 Å². The second-order valence-electron chi connectivity index (χ2n) is 7.74. The van der Waals surface area contributed by atoms with Crippen molar-refractivity contribution in [1.29, 1.82) is 0 Å². The molecule has 0 bridgehead atoms. The van der Waals surface area contributed by atoms with Crippen LogP contribution in [-0.4, -0.2) is 11.1 Å². The first-order chi connectivity index (χ1) is 16.9. The summed E-state index contributed by atoms with van der Waals surface area (Å²) in [4.78, 5) is 27.0. The molecule has 4 aromatic carbocycles. The zero-order valence-corrected chi connectivity index (χ0v) is 22.7. The number of amides is 2. The lowest BCUT2D eigenvalue weighted by Gasteiger charge is -2.13. The third-order valence-corrected chi connectivity index (χ3v) is 7.71. The highest BCUT2D eigenvalue weighted by Crippen LogP contribution is 2.39. The number of carbonyl (C=O) groups is 2. The van der Waals surface area contributed by atoms with Crippen molar-refractivity contribution in [3.8, 4) is 5.75 Å². The normalized spacial score (nSPS) is 14.8. The molecule has 0 radical (unpaired) electrons. The van der Waals surface area contributed by atoms with Crippen molar-refractivity contribution in [2.24, 2.45) is 0 Å². The fourth-order valence-corrected chi connectivity index (χ4v) is 6.30. The molecule has 2 amide bonds. The Hall–Kier alpha value is -2.58. The topological polar surface area (TPSA) is 46.6 Å². The molecule has 0 spiro atoms. The van der Waals surface area contributed by atoms with Gasteiger partial charge in [0.15, 0.2) is 0 Å². The molecule has 8 heteroatoms. The fraction of sp³-hybridized carbons (Fsp3) is 0.0370. The van der Waals surface area contributed by atoms with Gasteiger partial charge in [-0.3, -0.25) is 9.59 Å². The summed E-state index contributed by atoms with van der Waals surface area (Å²) in [7, 11) is 0. The minimum atomic E-state index is -0.384. The quantitative estimate of drug-likeness (QED) is 0.207. The average molecular weight is 630 g/mol. The first kappa shape index (κ1) is 24.1. The monoisotopic (exact) mass is 627 g/mol. The van der Waals surface area contributed by atoms with Gasteiger partial charge in [-0.2, -0.15) is 0 Å². The number of carbonyl (C=O) groups excluding carboxylic acids is 2. The van der Waals surface area contributed by atoms with E-state index in [0.29, 0.717) is 28.0 Å². The van der Waals surface area contributed by atoms with Gasteiger partial charge in [0.05, 0.1) is 19.5 Å². The zero-order chi connectivity index (χ0) is 24.5. The number of hydrogen-bond acceptors (Lipinski definition) is 4. The van der Waals surface area contributed by atoms with Crippen molar-refractivity contribution in [2.75, 3.05) is 4.90 Å². The van der Waals surface area contributed by atoms with Gasteiger partial charge < -0.3 is 4.74 Å². The number of hydrogen-bond donors (Lipinski definition) is 0. The molecule has 1 heterocycles. The first-order valence-electron chi connectivity index (χ1n) is 10.5. The Labute approximate surface area is 228 Å². The van der Waals surface area contributed by atoms with Crippen molar-refractivity contribution in [3.05, 3.63) is 109 Å². The number of rotatable bonds is 5. The van der Waals surface area contributed by atoms with Gasteiger partial charge in [-0.15, -0.1) is 0 Å². The standard InChI is InChI=1S/C27H16Br2ClNO3S/c28-22-11-16(13-24-26(32)31(27(33)35-24)20-9-4-8-19(30)14-20)12-23(29)25(22)34-15-18-7-3-6-17-5-1-2-10-21(17)18/h1-14H,15H2/b24-13+. The summed E-state index contributed by atoms with van der Waals surface area (Å²) in [6.07, 6.45) is 1.69. The van der Waals surface area contributed by atoms with Crippen LogP contribution in [0.4, 0.5) is 10.5 Å². The maximum atomic E-state index is 13.0. The van der Waals surface area contributed by atoms with Crippen LogP contribution < -0.4 is 9.64 Å². The molecule has 0 N–H and O–H groups in total. The number of benzene rings is 4. The van der Waals surface area contributed by atoms with Crippen molar-refractivity contribution < 1.29 is 14.3 Å². The molecule has 0 aliphatic carbocycles. The van der Waals surface area contributed by atoms with Gasteiger partial charge in [0.1, 0.15) is 12.4 Å². The van der Waals surface area contributed by atoms with Crippen LogP contribution in [0, 0.1) is 0 Å². The Kier molecular flexibility index (Phi) is 7.02. The van der Waals surface area contributed by atoms with Crippen LogP contribution in [0.5, 0.6) is 5.75 Å². The number of nitrogens with zero attached hydrogens (tertiary/aromatic N) is 1. The summed E-state index contributed by atoms with van der Waals surface area (Å²) >= 11 is 14.1. The fourth-order valence-electron chi connectivity index (χ4n) is 3.83. The predicted molar refractivity (Wildman–Crippen MR) is 150 cm³/mol. The van der Waals surface area contributed by atoms with E-state index in [2.05, 4.69) is 56.1 Å². The molecule has 4 nitrogen and oxygen atoms in total. The number of imide groups is 1. The Balaban J connectivity index is 1.38. The lowest BCUT2D eigenvalue weighted by atomic mass is 10.1. The number of fused-ring (bicyclic) bond motifs is 1. The molecule has 1 saturated heterocycles. The van der Waals surface area contributed by atoms with Crippen LogP contribution in [0.3, 0.4) is 0 Å². The van der Waals surface area contributed by atoms with Crippen LogP contribution in [-0.2, 0) is 11.4 Å². The summed E-state index contributed by atoms with van der Waals surface area (Å²) in [5, 5.41) is 2.40. The molecule has 35 heavy (non-hydrogen) atoms. The molecule has 0 aromatic heterocycles. The molecule has 5 rings (SSSR count). The molecular formula is C27H16Br2ClNO3S. The summed E-state index contributed by atoms with van der Waals surface area (Å²) in [6.45, 7) is 0.399. The first-order valence-corrected chi connectivity index (χ1v) is 13.3. The van der Waals surface area contributed by atoms with E-state index in [-0.39, 0.29) is 11.1 Å². The molecule has 0 unspecified atom stereocenters. The van der Waals surface area contributed by atoms with Gasteiger partial charge in [-0.05, 0) is 102 Å². The van der Waals surface area contributed by atoms with Gasteiger partial charge in [0, 0.05) is 5.02 Å². The molecule has 1 aliphatic rings. The lowest BCUT2D eigenvalue weighted by molar-refractivity contribution is -0.113. The Morgan fingerprint density at radius 1 is 0.914 bits per heavy atom. The van der Waals surface area contributed by atoms with Gasteiger partial charge in [0.2, 0.25) is 0 Å². The van der Waals surface area contributed by atoms with Crippen LogP contribution >= 0.6 is 55.2 Å². The highest BCUT2D eigenvalue weighted by molar-refractivity contribution is 9.11. The summed E-state index contributed by atoms with van der Waals surface area (Å²) in [6, 6.07) is 24.7. The smallest absolute Gasteiger partial charge is 0.298 e. The predicted octanol–water partition coefficient (Wildman–Crippen LogP) is 8.84. The molecule has 0 atom stereocenters. The van der Waals surface area contributed by atoms with Crippen molar-refractivity contribution in [1.82, 2.24) is 0 Å². The molecule has 1 fully saturated rings. The number of thioether (sulfide) groups is 1. The lowest BCUT2D eigenvalue weighted by Crippen LogP contribution is -2.27. The third-order valence-electron chi connectivity index (χ3n) is 5.43. The number of ether oxygens (including phenoxy) is 1. The van der Waals surface area contributed by atoms with Gasteiger partial charge >= 0.3 is 0 Å². The maximum Gasteiger partial charge on any atom is 0.298 e. The van der Waals surface area contributed by atoms with E-state index >= 15 is 0 Å². The molecule has 174 valence electrons. The van der Waals surface area contributed by atoms with E-state index in [1.165, 1.54) is 0 Å². The van der Waals surface area contributed by atoms with Gasteiger partial charge in [-0.25, -0.2) is 4.90 Å². The van der Waals surface area contributed by atoms with Gasteiger partial charge in [-0.1, -0.05) is 60.1 Å². The molecular weight excluding hydrogens is 614 g/mol. The van der Waals surface area contributed by atoms with Crippen LogP contribution in [0.15, 0.2) is 92.7 Å². The Morgan fingerprint density at radius 2 is 1.63 bits per heavy atom. The van der Waals surface area contributed by atoms with Gasteiger partial charge in [0.25, 0.3) is 11.1 Å². The van der Waals surface area contributed by atoms with E-state index in [1.807, 2.05) is 30.3 Å². The molecule has 0 saturated carbocycles. The molecule has 1 aliphatic heterocycles. The minimum Gasteiger partial charge on any atom is -0.487 e. The van der Waals surface area contributed by atoms with Crippen LogP contribution in [0.25, 0.3) is 16.8 Å². The zero-order valence-electron chi connectivity index (χ0n) is 18.0. The largest absolute Gasteiger partial charge is 0.487 e. The highest BCUT2D eigenvalue weighted by Gasteiger charge is 2.36. The number of anilines is 1. The minimum absolute atomic E-state index is 0.332. The number of halogens is 3. The third kappa shape index (κ3) is 5.05. The Morgan fingerprint density at radius 3 is 2.40 bits per heavy atom. The Bertz CT molecular complexity index is 1490. The second-order valence-corrected chi connectivity index (χ2v) is 10.9. The summed E-state index contributed by atoms with van der Waals surface area (Å²) in [5.41, 5.74) is 2.28. The SMILES string of the molecule is O=C1S/C(=C/c2cc(Br)c(OCc3cccc4ccccc34)c(Br)c2)C(=O)N1c1cccc(Cl)c1. The van der Waals surface area contributed by atoms with E-state index in [1.54, 1.807) is 30.3 Å². The van der Waals surface area contributed by atoms with Crippen molar-refractivity contribution >= 4 is 88.9 Å². The van der Waals surface area contributed by atoms with E-state index in [4.69, 9.17) is 16.3 Å². The van der Waals surface area contributed by atoms with Crippen LogP contribution in [0.1, 0.15) is 11.1 Å². The second kappa shape index (κ2) is 10.2. The van der Waals surface area contributed by atoms with E-state index < -0.39 is 0 Å². The van der Waals surface area contributed by atoms with E-state index in [9.17, 15) is 9.59 Å². The highest BCUT2D eigenvalue weighted by atomic mass is 79.9.